The van der Waals surface area contributed by atoms with Crippen LogP contribution in [-0.4, -0.2) is 44.5 Å². The van der Waals surface area contributed by atoms with Gasteiger partial charge in [0.25, 0.3) is 0 Å². The lowest BCUT2D eigenvalue weighted by Crippen LogP contribution is -2.39. The number of halogens is 1. The van der Waals surface area contributed by atoms with Gasteiger partial charge in [-0.25, -0.2) is 9.38 Å². The second-order valence-corrected chi connectivity index (χ2v) is 7.18. The van der Waals surface area contributed by atoms with Gasteiger partial charge in [0.15, 0.2) is 17.5 Å². The topological polar surface area (TPSA) is 66.0 Å². The molecule has 0 aliphatic carbocycles. The number of benzene rings is 1. The second kappa shape index (κ2) is 9.91. The third-order valence-electron chi connectivity index (χ3n) is 3.91. The molecule has 0 fully saturated rings. The molecular formula is C19H25FN4O2S. The number of carbonyl (C=O) groups is 1. The number of likely N-dealkylation sites (N-methyl/N-ethyl adjacent to an activating group) is 1. The molecule has 2 N–H and O–H groups in total. The van der Waals surface area contributed by atoms with Gasteiger partial charge in [-0.05, 0) is 36.1 Å². The van der Waals surface area contributed by atoms with Crippen LogP contribution in [0.1, 0.15) is 23.4 Å². The van der Waals surface area contributed by atoms with Crippen LogP contribution in [0.2, 0.25) is 0 Å². The SMILES string of the molecule is COc1ccc(C(C)NC(=NCC(=O)N(C)C)NCc2cccs2)cc1F. The Hall–Kier alpha value is -2.61. The minimum Gasteiger partial charge on any atom is -0.494 e. The Bertz CT molecular complexity index is 778. The Labute approximate surface area is 163 Å². The van der Waals surface area contributed by atoms with E-state index in [2.05, 4.69) is 15.6 Å². The van der Waals surface area contributed by atoms with Gasteiger partial charge < -0.3 is 20.3 Å². The summed E-state index contributed by atoms with van der Waals surface area (Å²) in [5.41, 5.74) is 0.748. The van der Waals surface area contributed by atoms with Crippen molar-refractivity contribution >= 4 is 23.2 Å². The summed E-state index contributed by atoms with van der Waals surface area (Å²) in [6.07, 6.45) is 0. The van der Waals surface area contributed by atoms with Gasteiger partial charge in [-0.15, -0.1) is 11.3 Å². The largest absolute Gasteiger partial charge is 0.494 e. The quantitative estimate of drug-likeness (QED) is 0.562. The average Bonchev–Trinajstić information content (AvgIpc) is 3.16. The summed E-state index contributed by atoms with van der Waals surface area (Å²) in [5.74, 6) is 0.168. The summed E-state index contributed by atoms with van der Waals surface area (Å²) >= 11 is 1.63. The Morgan fingerprint density at radius 1 is 1.37 bits per heavy atom. The number of amides is 1. The summed E-state index contributed by atoms with van der Waals surface area (Å²) in [7, 11) is 4.81. The Morgan fingerprint density at radius 2 is 2.15 bits per heavy atom. The molecule has 1 aromatic carbocycles. The second-order valence-electron chi connectivity index (χ2n) is 6.15. The van der Waals surface area contributed by atoms with E-state index in [9.17, 15) is 9.18 Å². The molecular weight excluding hydrogens is 367 g/mol. The number of ether oxygens (including phenoxy) is 1. The van der Waals surface area contributed by atoms with Gasteiger partial charge >= 0.3 is 0 Å². The minimum absolute atomic E-state index is 0.0243. The highest BCUT2D eigenvalue weighted by Gasteiger charge is 2.12. The molecule has 1 amide bonds. The fourth-order valence-electron chi connectivity index (χ4n) is 2.27. The van der Waals surface area contributed by atoms with E-state index in [-0.39, 0.29) is 24.2 Å². The fourth-order valence-corrected chi connectivity index (χ4v) is 2.91. The molecule has 0 radical (unpaired) electrons. The molecule has 0 saturated heterocycles. The summed E-state index contributed by atoms with van der Waals surface area (Å²) in [4.78, 5) is 18.8. The van der Waals surface area contributed by atoms with Crippen LogP contribution >= 0.6 is 11.3 Å². The molecule has 1 unspecified atom stereocenters. The third kappa shape index (κ3) is 6.25. The Kier molecular flexibility index (Phi) is 7.60. The van der Waals surface area contributed by atoms with Crippen LogP contribution in [-0.2, 0) is 11.3 Å². The normalized spacial score (nSPS) is 12.4. The molecule has 0 saturated carbocycles. The predicted molar refractivity (Wildman–Crippen MR) is 107 cm³/mol. The number of thiophene rings is 1. The van der Waals surface area contributed by atoms with Crippen molar-refractivity contribution in [1.82, 2.24) is 15.5 Å². The highest BCUT2D eigenvalue weighted by molar-refractivity contribution is 7.09. The lowest BCUT2D eigenvalue weighted by molar-refractivity contribution is -0.127. The number of rotatable bonds is 7. The maximum absolute atomic E-state index is 14.0. The van der Waals surface area contributed by atoms with Crippen molar-refractivity contribution in [2.24, 2.45) is 4.99 Å². The van der Waals surface area contributed by atoms with E-state index in [4.69, 9.17) is 4.74 Å². The zero-order valence-electron chi connectivity index (χ0n) is 16.0. The molecule has 0 bridgehead atoms. The van der Waals surface area contributed by atoms with Gasteiger partial charge in [0.05, 0.1) is 19.7 Å². The summed E-state index contributed by atoms with van der Waals surface area (Å²) < 4.78 is 18.9. The van der Waals surface area contributed by atoms with Crippen molar-refractivity contribution in [3.63, 3.8) is 0 Å². The first-order valence-electron chi connectivity index (χ1n) is 8.51. The molecule has 6 nitrogen and oxygen atoms in total. The maximum Gasteiger partial charge on any atom is 0.243 e. The van der Waals surface area contributed by atoms with Crippen molar-refractivity contribution in [3.8, 4) is 5.75 Å². The smallest absolute Gasteiger partial charge is 0.243 e. The average molecular weight is 393 g/mol. The van der Waals surface area contributed by atoms with Crippen molar-refractivity contribution in [1.29, 1.82) is 0 Å². The molecule has 0 spiro atoms. The monoisotopic (exact) mass is 392 g/mol. The zero-order chi connectivity index (χ0) is 19.8. The molecule has 2 aromatic rings. The maximum atomic E-state index is 14.0. The van der Waals surface area contributed by atoms with Crippen LogP contribution in [0.15, 0.2) is 40.7 Å². The first-order valence-corrected chi connectivity index (χ1v) is 9.39. The molecule has 1 heterocycles. The predicted octanol–water partition coefficient (Wildman–Crippen LogP) is 2.78. The van der Waals surface area contributed by atoms with Gasteiger partial charge in [0, 0.05) is 19.0 Å². The van der Waals surface area contributed by atoms with Gasteiger partial charge in [-0.3, -0.25) is 4.79 Å². The molecule has 8 heteroatoms. The van der Waals surface area contributed by atoms with Crippen LogP contribution < -0.4 is 15.4 Å². The first-order chi connectivity index (χ1) is 12.9. The van der Waals surface area contributed by atoms with Gasteiger partial charge in [-0.2, -0.15) is 0 Å². The van der Waals surface area contributed by atoms with E-state index in [1.807, 2.05) is 24.4 Å². The minimum atomic E-state index is -0.420. The molecule has 27 heavy (non-hydrogen) atoms. The molecule has 146 valence electrons. The highest BCUT2D eigenvalue weighted by Crippen LogP contribution is 2.21. The molecule has 1 aromatic heterocycles. The van der Waals surface area contributed by atoms with Crippen molar-refractivity contribution in [2.45, 2.75) is 19.5 Å². The van der Waals surface area contributed by atoms with E-state index in [1.54, 1.807) is 37.6 Å². The first kappa shape index (κ1) is 20.7. The van der Waals surface area contributed by atoms with Crippen molar-refractivity contribution in [3.05, 3.63) is 52.0 Å². The standard InChI is InChI=1S/C19H25FN4O2S/c1-13(14-7-8-17(26-4)16(20)10-14)23-19(22-12-18(25)24(2)3)21-11-15-6-5-9-27-15/h5-10,13H,11-12H2,1-4H3,(H2,21,22,23). The number of aliphatic imine (C=N–C) groups is 1. The number of hydrogen-bond acceptors (Lipinski definition) is 4. The fraction of sp³-hybridized carbons (Fsp3) is 0.368. The number of guanidine groups is 1. The summed E-state index contributed by atoms with van der Waals surface area (Å²) in [6, 6.07) is 8.59. The van der Waals surface area contributed by atoms with E-state index in [0.717, 1.165) is 10.4 Å². The van der Waals surface area contributed by atoms with Crippen LogP contribution in [0.5, 0.6) is 5.75 Å². The van der Waals surface area contributed by atoms with Gasteiger partial charge in [0.1, 0.15) is 6.54 Å². The van der Waals surface area contributed by atoms with E-state index < -0.39 is 5.82 Å². The van der Waals surface area contributed by atoms with Crippen molar-refractivity contribution < 1.29 is 13.9 Å². The molecule has 0 aliphatic heterocycles. The molecule has 0 aliphatic rings. The van der Waals surface area contributed by atoms with Crippen LogP contribution in [0.25, 0.3) is 0 Å². The van der Waals surface area contributed by atoms with Crippen molar-refractivity contribution in [2.75, 3.05) is 27.7 Å². The van der Waals surface area contributed by atoms with E-state index in [1.165, 1.54) is 18.1 Å². The number of nitrogens with one attached hydrogen (secondary N) is 2. The highest BCUT2D eigenvalue weighted by atomic mass is 32.1. The Balaban J connectivity index is 2.10. The van der Waals surface area contributed by atoms with E-state index in [0.29, 0.717) is 12.5 Å². The number of carbonyl (C=O) groups excluding carboxylic acids is 1. The van der Waals surface area contributed by atoms with E-state index >= 15 is 0 Å². The summed E-state index contributed by atoms with van der Waals surface area (Å²) in [5, 5.41) is 8.43. The Morgan fingerprint density at radius 3 is 2.74 bits per heavy atom. The lowest BCUT2D eigenvalue weighted by Gasteiger charge is -2.19. The van der Waals surface area contributed by atoms with Crippen LogP contribution in [0.4, 0.5) is 4.39 Å². The lowest BCUT2D eigenvalue weighted by atomic mass is 10.1. The third-order valence-corrected chi connectivity index (χ3v) is 4.79. The molecule has 1 atom stereocenters. The number of hydrogen-bond donors (Lipinski definition) is 2. The zero-order valence-corrected chi connectivity index (χ0v) is 16.8. The summed E-state index contributed by atoms with van der Waals surface area (Å²) in [6.45, 7) is 2.51. The van der Waals surface area contributed by atoms with Gasteiger partial charge in [0.2, 0.25) is 5.91 Å². The van der Waals surface area contributed by atoms with Gasteiger partial charge in [-0.1, -0.05) is 12.1 Å². The van der Waals surface area contributed by atoms with Crippen LogP contribution in [0.3, 0.4) is 0 Å². The number of nitrogens with zero attached hydrogens (tertiary/aromatic N) is 2. The number of methoxy groups -OCH3 is 1. The molecule has 2 rings (SSSR count). The van der Waals surface area contributed by atoms with Crippen LogP contribution in [0, 0.1) is 5.82 Å².